The van der Waals surface area contributed by atoms with E-state index in [2.05, 4.69) is 20.8 Å². The highest BCUT2D eigenvalue weighted by molar-refractivity contribution is 7.89. The van der Waals surface area contributed by atoms with Crippen molar-refractivity contribution in [2.24, 2.45) is 5.92 Å². The molecule has 1 aliphatic rings. The molecule has 5 nitrogen and oxygen atoms in total. The van der Waals surface area contributed by atoms with Gasteiger partial charge in [-0.3, -0.25) is 4.79 Å². The largest absolute Gasteiger partial charge is 0.338 e. The second-order valence-electron chi connectivity index (χ2n) is 8.88. The molecule has 164 valence electrons. The molecule has 1 saturated heterocycles. The van der Waals surface area contributed by atoms with Crippen molar-refractivity contribution in [2.75, 3.05) is 19.6 Å². The van der Waals surface area contributed by atoms with Gasteiger partial charge in [0, 0.05) is 30.4 Å². The zero-order valence-corrected chi connectivity index (χ0v) is 19.9. The van der Waals surface area contributed by atoms with Crippen molar-refractivity contribution in [3.63, 3.8) is 0 Å². The fraction of sp³-hybridized carbons (Fsp3) is 0.522. The van der Waals surface area contributed by atoms with Crippen molar-refractivity contribution in [1.29, 1.82) is 0 Å². The summed E-state index contributed by atoms with van der Waals surface area (Å²) in [5, 5.41) is 2.02. The Morgan fingerprint density at radius 3 is 2.27 bits per heavy atom. The molecule has 0 bridgehead atoms. The number of carbonyl (C=O) groups excluding carboxylic acids is 1. The van der Waals surface area contributed by atoms with E-state index >= 15 is 0 Å². The fourth-order valence-corrected chi connectivity index (χ4v) is 6.00. The molecule has 0 spiro atoms. The number of thiophene rings is 1. The molecule has 0 unspecified atom stereocenters. The molecule has 1 fully saturated rings. The highest BCUT2D eigenvalue weighted by atomic mass is 32.2. The number of sulfonamides is 1. The normalized spacial score (nSPS) is 16.5. The Morgan fingerprint density at radius 2 is 1.77 bits per heavy atom. The maximum atomic E-state index is 13.1. The molecule has 30 heavy (non-hydrogen) atoms. The third-order valence-electron chi connectivity index (χ3n) is 5.78. The first-order valence-electron chi connectivity index (χ1n) is 10.5. The van der Waals surface area contributed by atoms with Crippen molar-refractivity contribution in [1.82, 2.24) is 9.21 Å². The number of benzene rings is 1. The quantitative estimate of drug-likeness (QED) is 0.654. The van der Waals surface area contributed by atoms with E-state index in [-0.39, 0.29) is 17.2 Å². The third-order valence-corrected chi connectivity index (χ3v) is 8.56. The zero-order valence-electron chi connectivity index (χ0n) is 18.3. The van der Waals surface area contributed by atoms with E-state index in [0.717, 1.165) is 5.56 Å². The van der Waals surface area contributed by atoms with Crippen LogP contribution in [0.1, 0.15) is 51.0 Å². The lowest BCUT2D eigenvalue weighted by atomic mass is 9.87. The van der Waals surface area contributed by atoms with E-state index in [1.54, 1.807) is 23.5 Å². The highest BCUT2D eigenvalue weighted by Gasteiger charge is 2.33. The smallest absolute Gasteiger partial charge is 0.243 e. The number of carbonyl (C=O) groups is 1. The molecular formula is C23H32N2O3S2. The Morgan fingerprint density at radius 1 is 1.13 bits per heavy atom. The monoisotopic (exact) mass is 448 g/mol. The van der Waals surface area contributed by atoms with Crippen LogP contribution in [0.2, 0.25) is 0 Å². The summed E-state index contributed by atoms with van der Waals surface area (Å²) in [6.07, 6.45) is 1.14. The van der Waals surface area contributed by atoms with Gasteiger partial charge in [0.25, 0.3) is 0 Å². The summed E-state index contributed by atoms with van der Waals surface area (Å²) in [5.41, 5.74) is 1.09. The number of piperidine rings is 1. The second-order valence-corrected chi connectivity index (χ2v) is 11.9. The molecule has 7 heteroatoms. The van der Waals surface area contributed by atoms with Crippen LogP contribution in [-0.2, 0) is 26.8 Å². The van der Waals surface area contributed by atoms with Gasteiger partial charge in [0.05, 0.1) is 11.4 Å². The lowest BCUT2D eigenvalue weighted by Crippen LogP contribution is -2.44. The summed E-state index contributed by atoms with van der Waals surface area (Å²) in [6.45, 7) is 10.4. The van der Waals surface area contributed by atoms with Crippen LogP contribution in [0.15, 0.2) is 46.7 Å². The molecule has 0 N–H and O–H groups in total. The average molecular weight is 449 g/mol. The summed E-state index contributed by atoms with van der Waals surface area (Å²) in [6, 6.07) is 11.2. The molecule has 1 aliphatic heterocycles. The van der Waals surface area contributed by atoms with Crippen molar-refractivity contribution in [3.05, 3.63) is 52.2 Å². The van der Waals surface area contributed by atoms with Gasteiger partial charge in [-0.25, -0.2) is 8.42 Å². The Labute approximate surface area is 184 Å². The number of amides is 1. The van der Waals surface area contributed by atoms with Crippen molar-refractivity contribution >= 4 is 27.3 Å². The lowest BCUT2D eigenvalue weighted by molar-refractivity contribution is -0.137. The first-order valence-corrected chi connectivity index (χ1v) is 12.9. The van der Waals surface area contributed by atoms with Crippen molar-refractivity contribution in [2.45, 2.75) is 57.4 Å². The highest BCUT2D eigenvalue weighted by Crippen LogP contribution is 2.28. The van der Waals surface area contributed by atoms with Gasteiger partial charge in [-0.1, -0.05) is 39.0 Å². The van der Waals surface area contributed by atoms with Crippen LogP contribution in [0, 0.1) is 5.92 Å². The van der Waals surface area contributed by atoms with Gasteiger partial charge >= 0.3 is 0 Å². The Hall–Kier alpha value is -1.70. The number of rotatable bonds is 6. The number of nitrogens with zero attached hydrogens (tertiary/aromatic N) is 2. The van der Waals surface area contributed by atoms with E-state index in [4.69, 9.17) is 0 Å². The van der Waals surface area contributed by atoms with Crippen LogP contribution < -0.4 is 0 Å². The second kappa shape index (κ2) is 9.20. The third kappa shape index (κ3) is 5.13. The van der Waals surface area contributed by atoms with Crippen LogP contribution >= 0.6 is 11.3 Å². The summed E-state index contributed by atoms with van der Waals surface area (Å²) < 4.78 is 27.6. The topological polar surface area (TPSA) is 57.7 Å². The first kappa shape index (κ1) is 23.0. The van der Waals surface area contributed by atoms with E-state index < -0.39 is 10.0 Å². The minimum absolute atomic E-state index is 0.0186. The molecular weight excluding hydrogens is 416 g/mol. The maximum absolute atomic E-state index is 13.1. The summed E-state index contributed by atoms with van der Waals surface area (Å²) >= 11 is 1.65. The molecule has 0 aliphatic carbocycles. The summed E-state index contributed by atoms with van der Waals surface area (Å²) in [5.74, 6) is 0.0251. The molecule has 0 atom stereocenters. The molecule has 1 amide bonds. The Bertz CT molecular complexity index is 937. The molecule has 1 aromatic heterocycles. The van der Waals surface area contributed by atoms with Crippen LogP contribution in [0.25, 0.3) is 0 Å². The predicted molar refractivity (Wildman–Crippen MR) is 122 cm³/mol. The first-order chi connectivity index (χ1) is 14.1. The average Bonchev–Trinajstić information content (AvgIpc) is 3.24. The lowest BCUT2D eigenvalue weighted by Gasteiger charge is -2.33. The van der Waals surface area contributed by atoms with Crippen LogP contribution in [0.4, 0.5) is 0 Å². The molecule has 0 saturated carbocycles. The van der Waals surface area contributed by atoms with Crippen LogP contribution in [0.3, 0.4) is 0 Å². The summed E-state index contributed by atoms with van der Waals surface area (Å²) in [4.78, 5) is 16.4. The van der Waals surface area contributed by atoms with Gasteiger partial charge in [-0.05, 0) is 54.3 Å². The van der Waals surface area contributed by atoms with E-state index in [9.17, 15) is 13.2 Å². The maximum Gasteiger partial charge on any atom is 0.243 e. The summed E-state index contributed by atoms with van der Waals surface area (Å²) in [7, 11) is -3.53. The van der Waals surface area contributed by atoms with Gasteiger partial charge < -0.3 is 4.90 Å². The molecule has 0 radical (unpaired) electrons. The molecule has 3 rings (SSSR count). The van der Waals surface area contributed by atoms with Gasteiger partial charge in [-0.15, -0.1) is 11.3 Å². The SMILES string of the molecule is CCN(Cc1cccs1)C(=O)C1CCN(S(=O)(=O)c2ccc(C(C)(C)C)cc2)CC1. The van der Waals surface area contributed by atoms with Crippen LogP contribution in [0.5, 0.6) is 0 Å². The standard InChI is InChI=1S/C23H32N2O3S2/c1-5-24(17-20-7-6-16-29-20)22(26)18-12-14-25(15-13-18)30(27,28)21-10-8-19(9-11-21)23(2,3)4/h6-11,16,18H,5,12-15,17H2,1-4H3. The molecule has 1 aromatic carbocycles. The van der Waals surface area contributed by atoms with E-state index in [0.29, 0.717) is 43.9 Å². The van der Waals surface area contributed by atoms with Gasteiger partial charge in [0.15, 0.2) is 0 Å². The van der Waals surface area contributed by atoms with Gasteiger partial charge in [0.1, 0.15) is 0 Å². The van der Waals surface area contributed by atoms with Crippen molar-refractivity contribution < 1.29 is 13.2 Å². The van der Waals surface area contributed by atoms with E-state index in [1.807, 2.05) is 41.5 Å². The Kier molecular flexibility index (Phi) is 7.05. The predicted octanol–water partition coefficient (Wildman–Crippen LogP) is 4.50. The van der Waals surface area contributed by atoms with Gasteiger partial charge in [0.2, 0.25) is 15.9 Å². The fourth-order valence-electron chi connectivity index (χ4n) is 3.81. The van der Waals surface area contributed by atoms with E-state index in [1.165, 1.54) is 9.18 Å². The van der Waals surface area contributed by atoms with Crippen LogP contribution in [-0.4, -0.2) is 43.2 Å². The molecule has 2 heterocycles. The zero-order chi connectivity index (χ0) is 21.9. The molecule has 2 aromatic rings. The minimum atomic E-state index is -3.53. The number of hydrogen-bond donors (Lipinski definition) is 0. The van der Waals surface area contributed by atoms with Gasteiger partial charge in [-0.2, -0.15) is 4.31 Å². The van der Waals surface area contributed by atoms with Crippen molar-refractivity contribution in [3.8, 4) is 0 Å². The minimum Gasteiger partial charge on any atom is -0.338 e. The number of hydrogen-bond acceptors (Lipinski definition) is 4. The Balaban J connectivity index is 1.63.